The van der Waals surface area contributed by atoms with Crippen LogP contribution in [0, 0.1) is 0 Å². The molecule has 50 valence electrons. The van der Waals surface area contributed by atoms with Crippen molar-refractivity contribution in [2.45, 2.75) is 5.00 Å². The summed E-state index contributed by atoms with van der Waals surface area (Å²) in [5, 5.41) is -0.478. The first-order valence-corrected chi connectivity index (χ1v) is 7.83. The molecule has 8 heavy (non-hydrogen) atoms. The molecule has 1 atom stereocenters. The van der Waals surface area contributed by atoms with Crippen molar-refractivity contribution >= 4 is 62.4 Å². The van der Waals surface area contributed by atoms with Crippen LogP contribution >= 0.6 is 56.4 Å². The summed E-state index contributed by atoms with van der Waals surface area (Å²) in [6.07, 6.45) is 0. The highest BCUT2D eigenvalue weighted by atomic mass is 35.8. The van der Waals surface area contributed by atoms with Gasteiger partial charge in [-0.25, -0.2) is 0 Å². The Morgan fingerprint density at radius 2 is 1.62 bits per heavy atom. The molecule has 0 radical (unpaired) electrons. The monoisotopic (exact) mass is 230 g/mol. The van der Waals surface area contributed by atoms with E-state index in [0.717, 1.165) is 0 Å². The van der Waals surface area contributed by atoms with E-state index in [1.807, 2.05) is 0 Å². The average Bonchev–Trinajstić information content (AvgIpc) is 1.62. The number of alkyl halides is 2. The van der Waals surface area contributed by atoms with Gasteiger partial charge >= 0.3 is 6.00 Å². The molecule has 0 aliphatic heterocycles. The van der Waals surface area contributed by atoms with E-state index in [4.69, 9.17) is 56.4 Å². The van der Waals surface area contributed by atoms with Crippen LogP contribution in [0.5, 0.6) is 0 Å². The molecule has 0 saturated heterocycles. The van der Waals surface area contributed by atoms with Crippen LogP contribution in [0.1, 0.15) is 0 Å². The van der Waals surface area contributed by atoms with Gasteiger partial charge in [-0.3, -0.25) is 0 Å². The number of hydrogen-bond donors (Lipinski definition) is 0. The molecule has 0 aromatic rings. The maximum atomic E-state index is 5.48. The van der Waals surface area contributed by atoms with E-state index in [0.29, 0.717) is 0 Å². The minimum Gasteiger partial charge on any atom is -0.125 e. The fraction of sp³-hybridized carbons (Fsp3) is 1.00. The van der Waals surface area contributed by atoms with E-state index in [1.54, 1.807) is 0 Å². The lowest BCUT2D eigenvalue weighted by atomic mass is 10.9. The van der Waals surface area contributed by atoms with Crippen LogP contribution in [0.4, 0.5) is 0 Å². The van der Waals surface area contributed by atoms with Gasteiger partial charge in [0.05, 0.1) is 5.00 Å². The Kier molecular flexibility index (Phi) is 4.52. The molecule has 0 nitrogen and oxygen atoms in total. The van der Waals surface area contributed by atoms with Gasteiger partial charge in [0.15, 0.2) is 0 Å². The SMILES string of the molecule is ClC[C@@H](Cl)[Si](Cl)(Cl)Cl. The van der Waals surface area contributed by atoms with Crippen LogP contribution < -0.4 is 0 Å². The third-order valence-corrected chi connectivity index (χ3v) is 6.64. The van der Waals surface area contributed by atoms with Crippen LogP contribution in [0.15, 0.2) is 0 Å². The molecule has 0 N–H and O–H groups in total. The van der Waals surface area contributed by atoms with Crippen LogP contribution in [-0.2, 0) is 0 Å². The normalized spacial score (nSPS) is 16.1. The van der Waals surface area contributed by atoms with Crippen LogP contribution in [0.25, 0.3) is 0 Å². The molecule has 0 aliphatic carbocycles. The number of rotatable bonds is 2. The molecule has 6 heteroatoms. The van der Waals surface area contributed by atoms with Crippen molar-refractivity contribution in [2.24, 2.45) is 0 Å². The molecule has 0 aromatic heterocycles. The van der Waals surface area contributed by atoms with Crippen molar-refractivity contribution in [3.05, 3.63) is 0 Å². The first kappa shape index (κ1) is 9.67. The Labute approximate surface area is 73.1 Å². The van der Waals surface area contributed by atoms with Crippen molar-refractivity contribution in [1.29, 1.82) is 0 Å². The minimum atomic E-state index is -2.71. The zero-order chi connectivity index (χ0) is 6.78. The quantitative estimate of drug-likeness (QED) is 0.390. The molecule has 0 fully saturated rings. The van der Waals surface area contributed by atoms with Gasteiger partial charge < -0.3 is 0 Å². The Hall–Kier alpha value is 1.67. The summed E-state index contributed by atoms with van der Waals surface area (Å²) in [4.78, 5) is 0. The van der Waals surface area contributed by atoms with E-state index in [9.17, 15) is 0 Å². The zero-order valence-corrected chi connectivity index (χ0v) is 8.45. The van der Waals surface area contributed by atoms with Gasteiger partial charge in [-0.05, 0) is 0 Å². The van der Waals surface area contributed by atoms with E-state index in [-0.39, 0.29) is 5.88 Å². The van der Waals surface area contributed by atoms with Crippen molar-refractivity contribution in [3.8, 4) is 0 Å². The fourth-order valence-corrected chi connectivity index (χ4v) is 2.36. The summed E-state index contributed by atoms with van der Waals surface area (Å²) < 4.78 is 0. The summed E-state index contributed by atoms with van der Waals surface area (Å²) in [6, 6.07) is -2.71. The smallest absolute Gasteiger partial charge is 0.125 e. The Morgan fingerprint density at radius 3 is 1.62 bits per heavy atom. The van der Waals surface area contributed by atoms with E-state index < -0.39 is 11.0 Å². The largest absolute Gasteiger partial charge is 0.359 e. The lowest BCUT2D eigenvalue weighted by molar-refractivity contribution is 1.37. The van der Waals surface area contributed by atoms with Crippen molar-refractivity contribution < 1.29 is 0 Å². The maximum Gasteiger partial charge on any atom is 0.359 e. The topological polar surface area (TPSA) is 0 Å². The third kappa shape index (κ3) is 3.65. The van der Waals surface area contributed by atoms with E-state index in [2.05, 4.69) is 0 Å². The summed E-state index contributed by atoms with van der Waals surface area (Å²) >= 11 is 27.1. The van der Waals surface area contributed by atoms with Gasteiger partial charge in [-0.2, -0.15) is 0 Å². The number of halogens is 5. The first-order valence-electron chi connectivity index (χ1n) is 1.75. The molecule has 0 aliphatic rings. The van der Waals surface area contributed by atoms with E-state index >= 15 is 0 Å². The molecule has 0 heterocycles. The van der Waals surface area contributed by atoms with Gasteiger partial charge in [0.2, 0.25) is 0 Å². The van der Waals surface area contributed by atoms with Gasteiger partial charge in [0.1, 0.15) is 0 Å². The summed E-state index contributed by atoms with van der Waals surface area (Å²) in [5.41, 5.74) is 0. The van der Waals surface area contributed by atoms with Gasteiger partial charge in [-0.1, -0.05) is 0 Å². The lowest BCUT2D eigenvalue weighted by Gasteiger charge is -2.10. The van der Waals surface area contributed by atoms with Crippen molar-refractivity contribution in [1.82, 2.24) is 0 Å². The molecule has 0 unspecified atom stereocenters. The zero-order valence-electron chi connectivity index (χ0n) is 3.67. The Bertz CT molecular complexity index is 67.3. The molecule has 0 spiro atoms. The Balaban J connectivity index is 3.62. The third-order valence-electron chi connectivity index (χ3n) is 0.491. The first-order chi connectivity index (χ1) is 3.48. The molecule has 0 saturated carbocycles. The second kappa shape index (κ2) is 3.74. The molecule has 0 amide bonds. The van der Waals surface area contributed by atoms with Gasteiger partial charge in [0.25, 0.3) is 0 Å². The summed E-state index contributed by atoms with van der Waals surface area (Å²) in [6.45, 7) is 0. The summed E-state index contributed by atoms with van der Waals surface area (Å²) in [7, 11) is 0. The van der Waals surface area contributed by atoms with Gasteiger partial charge in [0, 0.05) is 5.88 Å². The fourth-order valence-electron chi connectivity index (χ4n) is 0.0875. The molecule has 0 bridgehead atoms. The second-order valence-corrected chi connectivity index (χ2v) is 11.3. The van der Waals surface area contributed by atoms with Crippen LogP contribution in [0.2, 0.25) is 0 Å². The highest BCUT2D eigenvalue weighted by molar-refractivity contribution is 7.66. The van der Waals surface area contributed by atoms with Crippen molar-refractivity contribution in [3.63, 3.8) is 0 Å². The highest BCUT2D eigenvalue weighted by Crippen LogP contribution is 2.28. The minimum absolute atomic E-state index is 0.199. The average molecular weight is 232 g/mol. The standard InChI is InChI=1S/C2H3Cl5Si/c3-1-2(4)8(5,6)7/h2H,1H2/t2-/m0/s1. The second-order valence-electron chi connectivity index (χ2n) is 1.16. The molecular formula is C2H3Cl5Si. The van der Waals surface area contributed by atoms with Crippen molar-refractivity contribution in [2.75, 3.05) is 5.88 Å². The predicted octanol–water partition coefficient (Wildman–Crippen LogP) is 3.03. The lowest BCUT2D eigenvalue weighted by Crippen LogP contribution is -2.27. The van der Waals surface area contributed by atoms with Crippen LogP contribution in [-0.4, -0.2) is 16.9 Å². The molecular weight excluding hydrogens is 229 g/mol. The van der Waals surface area contributed by atoms with Crippen LogP contribution in [0.3, 0.4) is 0 Å². The van der Waals surface area contributed by atoms with E-state index in [1.165, 1.54) is 0 Å². The maximum absolute atomic E-state index is 5.48. The Morgan fingerprint density at radius 1 is 1.25 bits per heavy atom. The number of hydrogen-bond acceptors (Lipinski definition) is 0. The molecule has 0 rings (SSSR count). The van der Waals surface area contributed by atoms with Gasteiger partial charge in [-0.15, -0.1) is 56.4 Å². The summed E-state index contributed by atoms with van der Waals surface area (Å²) in [5.74, 6) is 0.199. The molecule has 0 aromatic carbocycles. The highest BCUT2D eigenvalue weighted by Gasteiger charge is 2.34. The predicted molar refractivity (Wildman–Crippen MR) is 43.7 cm³/mol.